The first kappa shape index (κ1) is 33.6. The van der Waals surface area contributed by atoms with E-state index in [0.717, 1.165) is 69.2 Å². The third kappa shape index (κ3) is 13.7. The third-order valence-corrected chi connectivity index (χ3v) is 5.75. The maximum atomic E-state index is 12.1. The first-order valence-electron chi connectivity index (χ1n) is 12.8. The Morgan fingerprint density at radius 2 is 0.879 bits per heavy atom. The second kappa shape index (κ2) is 18.8. The van der Waals surface area contributed by atoms with Crippen molar-refractivity contribution in [3.63, 3.8) is 0 Å². The van der Waals surface area contributed by atoms with Crippen LogP contribution in [0, 0.1) is 0 Å². The number of hydrogen-bond acceptors (Lipinski definition) is 6. The molecule has 0 spiro atoms. The Morgan fingerprint density at radius 3 is 1.15 bits per heavy atom. The Kier molecular flexibility index (Phi) is 19.2. The first-order valence-corrected chi connectivity index (χ1v) is 12.8. The van der Waals surface area contributed by atoms with Gasteiger partial charge in [0.2, 0.25) is 0 Å². The quantitative estimate of drug-likeness (QED) is 0.113. The van der Waals surface area contributed by atoms with Gasteiger partial charge in [-0.2, -0.15) is 0 Å². The van der Waals surface area contributed by atoms with E-state index in [9.17, 15) is 14.4 Å². The lowest BCUT2D eigenvalue weighted by Gasteiger charge is -2.40. The average Bonchev–Trinajstić information content (AvgIpc) is 2.79. The zero-order valence-electron chi connectivity index (χ0n) is 22.1. The van der Waals surface area contributed by atoms with Crippen LogP contribution in [0.3, 0.4) is 0 Å². The highest BCUT2D eigenvalue weighted by atomic mass is 16.9. The fourth-order valence-electron chi connectivity index (χ4n) is 3.73. The monoisotopic (exact) mass is 469 g/mol. The van der Waals surface area contributed by atoms with Gasteiger partial charge in [-0.3, -0.25) is 14.4 Å². The van der Waals surface area contributed by atoms with Crippen molar-refractivity contribution in [3.05, 3.63) is 0 Å². The lowest BCUT2D eigenvalue weighted by atomic mass is 10.1. The van der Waals surface area contributed by atoms with Crippen LogP contribution in [0.25, 0.3) is 0 Å². The topological polar surface area (TPSA) is 78.9 Å². The molecule has 4 radical (unpaired) electrons. The van der Waals surface area contributed by atoms with Gasteiger partial charge < -0.3 is 27.1 Å². The molecule has 33 heavy (non-hydrogen) atoms. The first-order chi connectivity index (χ1) is 15.3. The smallest absolute Gasteiger partial charge is 0.423 e. The number of quaternary nitrogens is 1. The molecule has 0 fully saturated rings. The summed E-state index contributed by atoms with van der Waals surface area (Å²) in [6, 6.07) is 0. The Bertz CT molecular complexity index is 488. The molecule has 0 aromatic heterocycles. The molecule has 192 valence electrons. The summed E-state index contributed by atoms with van der Waals surface area (Å²) in [6.07, 6.45) is 7.91. The number of unbranched alkanes of at least 4 members (excludes halogenated alkanes) is 3. The second-order valence-electron chi connectivity index (χ2n) is 8.57. The molecule has 0 aromatic rings. The molecule has 0 N–H and O–H groups in total. The summed E-state index contributed by atoms with van der Waals surface area (Å²) in [6.45, 7) is 15.7. The summed E-state index contributed by atoms with van der Waals surface area (Å²) in [7, 11) is 0. The summed E-state index contributed by atoms with van der Waals surface area (Å²) in [5, 5.41) is 0. The maximum Gasteiger partial charge on any atom is 0.423 e. The molecule has 8 heteroatoms. The average molecular weight is 469 g/mol. The fourth-order valence-corrected chi connectivity index (χ4v) is 3.73. The molecule has 0 atom stereocenters. The van der Waals surface area contributed by atoms with Crippen LogP contribution in [-0.2, 0) is 28.6 Å². The molecule has 0 aliphatic carbocycles. The fraction of sp³-hybridized carbons (Fsp3) is 0.880. The maximum absolute atomic E-state index is 12.1. The lowest BCUT2D eigenvalue weighted by molar-refractivity contribution is -0.929. The minimum atomic E-state index is -1.98. The Morgan fingerprint density at radius 1 is 0.576 bits per heavy atom. The van der Waals surface area contributed by atoms with Crippen molar-refractivity contribution >= 4 is 26.3 Å². The van der Waals surface area contributed by atoms with Gasteiger partial charge in [0.25, 0.3) is 0 Å². The largest absolute Gasteiger partial charge is 1.00 e. The zero-order valence-corrected chi connectivity index (χ0v) is 22.1. The van der Waals surface area contributed by atoms with Crippen LogP contribution < -0.4 is 0 Å². The molecule has 0 unspecified atom stereocenters. The number of hydrogen-bond donors (Lipinski definition) is 0. The van der Waals surface area contributed by atoms with Crippen LogP contribution in [0.1, 0.15) is 112 Å². The molecule has 0 aliphatic heterocycles. The van der Waals surface area contributed by atoms with E-state index >= 15 is 0 Å². The Labute approximate surface area is 204 Å². The van der Waals surface area contributed by atoms with E-state index in [0.29, 0.717) is 6.42 Å². The number of esters is 3. The van der Waals surface area contributed by atoms with Crippen LogP contribution >= 0.6 is 0 Å². The second-order valence-corrected chi connectivity index (χ2v) is 8.57. The van der Waals surface area contributed by atoms with Crippen LogP contribution in [-0.4, -0.2) is 63.0 Å². The van der Waals surface area contributed by atoms with Crippen molar-refractivity contribution in [3.8, 4) is 0 Å². The zero-order chi connectivity index (χ0) is 24.5. The molecule has 7 nitrogen and oxygen atoms in total. The van der Waals surface area contributed by atoms with Crippen molar-refractivity contribution in [1.29, 1.82) is 0 Å². The summed E-state index contributed by atoms with van der Waals surface area (Å²) in [5.41, 5.74) is 0. The van der Waals surface area contributed by atoms with Gasteiger partial charge in [-0.1, -0.05) is 60.8 Å². The number of rotatable bonds is 19. The van der Waals surface area contributed by atoms with Crippen molar-refractivity contribution in [1.82, 2.24) is 0 Å². The summed E-state index contributed by atoms with van der Waals surface area (Å²) >= 11 is 0. The molecule has 0 rings (SSSR count). The summed E-state index contributed by atoms with van der Waals surface area (Å²) in [5.74, 6) is -3.69. The van der Waals surface area contributed by atoms with E-state index < -0.39 is 23.9 Å². The summed E-state index contributed by atoms with van der Waals surface area (Å²) in [4.78, 5) is 36.4. The van der Waals surface area contributed by atoms with E-state index in [4.69, 9.17) is 14.2 Å². The van der Waals surface area contributed by atoms with Gasteiger partial charge in [0.05, 0.1) is 32.6 Å². The summed E-state index contributed by atoms with van der Waals surface area (Å²) < 4.78 is 17.4. The van der Waals surface area contributed by atoms with Gasteiger partial charge in [0.1, 0.15) is 0 Å². The van der Waals surface area contributed by atoms with E-state index in [1.165, 1.54) is 0 Å². The molecular weight excluding hydrogens is 421 g/mol. The van der Waals surface area contributed by atoms with Crippen LogP contribution in [0.4, 0.5) is 0 Å². The molecular formula is C25H48BNO6. The Hall–Kier alpha value is -1.57. The number of carbonyl (C=O) groups excluding carboxylic acids is 3. The third-order valence-electron chi connectivity index (χ3n) is 5.75. The number of ether oxygens (including phenoxy) is 3. The molecule has 0 saturated carbocycles. The van der Waals surface area contributed by atoms with Crippen molar-refractivity contribution < 1.29 is 33.1 Å². The predicted octanol–water partition coefficient (Wildman–Crippen LogP) is 5.12. The normalized spacial score (nSPS) is 11.5. The van der Waals surface area contributed by atoms with Gasteiger partial charge in [0, 0.05) is 25.7 Å². The van der Waals surface area contributed by atoms with Gasteiger partial charge in [-0.25, -0.2) is 0 Å². The molecule has 0 amide bonds. The van der Waals surface area contributed by atoms with E-state index in [-0.39, 0.29) is 34.1 Å². The van der Waals surface area contributed by atoms with Crippen molar-refractivity contribution in [2.75, 3.05) is 26.2 Å². The number of carbonyl (C=O) groups is 3. The molecule has 0 saturated heterocycles. The highest BCUT2D eigenvalue weighted by molar-refractivity contribution is 5.75. The minimum absolute atomic E-state index is 0. The lowest BCUT2D eigenvalue weighted by Crippen LogP contribution is -2.52. The van der Waals surface area contributed by atoms with Gasteiger partial charge >= 0.3 is 23.9 Å². The van der Waals surface area contributed by atoms with Crippen molar-refractivity contribution in [2.24, 2.45) is 0 Å². The molecule has 0 bridgehead atoms. The van der Waals surface area contributed by atoms with E-state index in [2.05, 4.69) is 20.8 Å². The van der Waals surface area contributed by atoms with Crippen LogP contribution in [0.15, 0.2) is 0 Å². The minimum Gasteiger partial charge on any atom is -1.00 e. The number of nitrogens with zero attached hydrogens (tertiary/aromatic N) is 1. The van der Waals surface area contributed by atoms with E-state index in [1.807, 2.05) is 0 Å². The molecule has 0 heterocycles. The van der Waals surface area contributed by atoms with Crippen molar-refractivity contribution in [2.45, 2.75) is 118 Å². The standard InChI is InChI=1S/C25H48NO6.B/c1-7-13-18-26(19-14-8-2,20-15-9-3)21-16-17-25(30-22(27)10-4,31-23(28)11-5)32-24(29)12-6;/h7-21H2,1-6H3;/q+1;-1. The van der Waals surface area contributed by atoms with Crippen LogP contribution in [0.5, 0.6) is 0 Å². The molecule has 0 aromatic carbocycles. The highest BCUT2D eigenvalue weighted by Gasteiger charge is 2.43. The van der Waals surface area contributed by atoms with Gasteiger partial charge in [-0.05, 0) is 19.3 Å². The van der Waals surface area contributed by atoms with Gasteiger partial charge in [0.15, 0.2) is 0 Å². The highest BCUT2D eigenvalue weighted by Crippen LogP contribution is 2.27. The SMILES string of the molecule is CCCC[N+](CCCC)(CCCC)CCCC(OC(=O)CC)(OC(=O)CC)OC(=O)CC.[B-]. The van der Waals surface area contributed by atoms with Crippen LogP contribution in [0.2, 0.25) is 0 Å². The molecule has 0 aliphatic rings. The van der Waals surface area contributed by atoms with Gasteiger partial charge in [-0.15, -0.1) is 0 Å². The van der Waals surface area contributed by atoms with E-state index in [1.54, 1.807) is 20.8 Å². The Balaban J connectivity index is 0. The predicted molar refractivity (Wildman–Crippen MR) is 131 cm³/mol.